The van der Waals surface area contributed by atoms with E-state index >= 15 is 0 Å². The molecular formula is C15H26N4. The van der Waals surface area contributed by atoms with Gasteiger partial charge < -0.3 is 4.90 Å². The van der Waals surface area contributed by atoms with Crippen LogP contribution in [0.3, 0.4) is 0 Å². The van der Waals surface area contributed by atoms with Crippen LogP contribution in [0.2, 0.25) is 0 Å². The van der Waals surface area contributed by atoms with Crippen molar-refractivity contribution in [2.45, 2.75) is 44.6 Å². The highest BCUT2D eigenvalue weighted by Gasteiger charge is 2.29. The van der Waals surface area contributed by atoms with Gasteiger partial charge in [0.1, 0.15) is 0 Å². The molecule has 0 amide bonds. The predicted octanol–water partition coefficient (Wildman–Crippen LogP) is 1.99. The van der Waals surface area contributed by atoms with Crippen LogP contribution in [0.15, 0.2) is 6.20 Å². The van der Waals surface area contributed by atoms with Crippen molar-refractivity contribution in [2.75, 3.05) is 33.2 Å². The molecule has 0 spiro atoms. The number of aryl methyl sites for hydroxylation is 1. The van der Waals surface area contributed by atoms with Gasteiger partial charge in [-0.15, -0.1) is 0 Å². The molecule has 0 aromatic carbocycles. The normalized spacial score (nSPS) is 27.8. The van der Waals surface area contributed by atoms with E-state index in [9.17, 15) is 0 Å². The average molecular weight is 262 g/mol. The second-order valence-electron chi connectivity index (χ2n) is 6.34. The van der Waals surface area contributed by atoms with Crippen molar-refractivity contribution in [2.24, 2.45) is 0 Å². The van der Waals surface area contributed by atoms with Crippen LogP contribution in [-0.4, -0.2) is 59.3 Å². The summed E-state index contributed by atoms with van der Waals surface area (Å²) in [6.07, 6.45) is 7.28. The lowest BCUT2D eigenvalue weighted by Gasteiger charge is -2.41. The topological polar surface area (TPSA) is 35.2 Å². The number of H-pyrrole nitrogens is 1. The zero-order valence-corrected chi connectivity index (χ0v) is 12.2. The molecule has 3 rings (SSSR count). The van der Waals surface area contributed by atoms with E-state index in [1.165, 1.54) is 63.1 Å². The fraction of sp³-hybridized carbons (Fsp3) is 0.800. The van der Waals surface area contributed by atoms with Crippen molar-refractivity contribution in [3.05, 3.63) is 17.5 Å². The Bertz CT molecular complexity index is 406. The lowest BCUT2D eigenvalue weighted by Crippen LogP contribution is -2.47. The van der Waals surface area contributed by atoms with E-state index in [-0.39, 0.29) is 0 Å². The van der Waals surface area contributed by atoms with Crippen molar-refractivity contribution in [1.29, 1.82) is 0 Å². The van der Waals surface area contributed by atoms with Crippen LogP contribution in [0.4, 0.5) is 0 Å². The molecule has 4 heteroatoms. The summed E-state index contributed by atoms with van der Waals surface area (Å²) in [5.74, 6) is 0.663. The van der Waals surface area contributed by atoms with Crippen LogP contribution >= 0.6 is 0 Å². The minimum absolute atomic E-state index is 0.663. The molecule has 1 aromatic heterocycles. The molecule has 0 aliphatic carbocycles. The van der Waals surface area contributed by atoms with Gasteiger partial charge in [-0.05, 0) is 64.9 Å². The first-order valence-corrected chi connectivity index (χ1v) is 7.66. The van der Waals surface area contributed by atoms with Gasteiger partial charge in [0.2, 0.25) is 0 Å². The summed E-state index contributed by atoms with van der Waals surface area (Å²) in [6.45, 7) is 7.20. The van der Waals surface area contributed by atoms with Crippen LogP contribution in [-0.2, 0) is 0 Å². The predicted molar refractivity (Wildman–Crippen MR) is 77.4 cm³/mol. The molecule has 4 nitrogen and oxygen atoms in total. The van der Waals surface area contributed by atoms with Crippen LogP contribution < -0.4 is 0 Å². The molecule has 2 saturated heterocycles. The molecule has 19 heavy (non-hydrogen) atoms. The Morgan fingerprint density at radius 2 is 2.00 bits per heavy atom. The third-order valence-corrected chi connectivity index (χ3v) is 4.93. The summed E-state index contributed by atoms with van der Waals surface area (Å²) in [7, 11) is 2.24. The lowest BCUT2D eigenvalue weighted by molar-refractivity contribution is 0.0932. The number of nitrogens with zero attached hydrogens (tertiary/aromatic N) is 3. The fourth-order valence-corrected chi connectivity index (χ4v) is 3.70. The van der Waals surface area contributed by atoms with E-state index < -0.39 is 0 Å². The van der Waals surface area contributed by atoms with Gasteiger partial charge in [0.25, 0.3) is 0 Å². The number of aromatic nitrogens is 2. The number of aromatic amines is 1. The van der Waals surface area contributed by atoms with Crippen molar-refractivity contribution in [1.82, 2.24) is 20.0 Å². The monoisotopic (exact) mass is 262 g/mol. The summed E-state index contributed by atoms with van der Waals surface area (Å²) in [5.41, 5.74) is 2.70. The Morgan fingerprint density at radius 3 is 2.68 bits per heavy atom. The van der Waals surface area contributed by atoms with Crippen LogP contribution in [0.5, 0.6) is 0 Å². The third-order valence-electron chi connectivity index (χ3n) is 4.93. The first-order valence-electron chi connectivity index (χ1n) is 7.66. The van der Waals surface area contributed by atoms with E-state index in [0.29, 0.717) is 5.92 Å². The Labute approximate surface area is 116 Å². The molecule has 106 valence electrons. The highest BCUT2D eigenvalue weighted by Crippen LogP contribution is 2.30. The standard InChI is InChI=1S/C15H26N4/c1-12-10-16-17-15(12)13-4-3-7-19(11-13)14-5-8-18(2)9-6-14/h10,13-14H,3-9,11H2,1-2H3,(H,16,17)/t13-/m1/s1. The number of likely N-dealkylation sites (tertiary alicyclic amines) is 2. The maximum Gasteiger partial charge on any atom is 0.0519 e. The quantitative estimate of drug-likeness (QED) is 0.885. The Balaban J connectivity index is 1.63. The zero-order chi connectivity index (χ0) is 13.2. The van der Waals surface area contributed by atoms with E-state index in [0.717, 1.165) is 6.04 Å². The molecule has 0 radical (unpaired) electrons. The van der Waals surface area contributed by atoms with Gasteiger partial charge in [0.05, 0.1) is 6.20 Å². The van der Waals surface area contributed by atoms with Crippen LogP contribution in [0, 0.1) is 6.92 Å². The number of nitrogens with one attached hydrogen (secondary N) is 1. The van der Waals surface area contributed by atoms with Gasteiger partial charge in [0, 0.05) is 24.2 Å². The Hall–Kier alpha value is -0.870. The molecule has 3 heterocycles. The summed E-state index contributed by atoms with van der Waals surface area (Å²) in [4.78, 5) is 5.19. The van der Waals surface area contributed by atoms with E-state index in [2.05, 4.69) is 34.0 Å². The molecule has 2 aliphatic rings. The Kier molecular flexibility index (Phi) is 3.89. The zero-order valence-electron chi connectivity index (χ0n) is 12.2. The average Bonchev–Trinajstić information content (AvgIpc) is 2.86. The molecule has 1 aromatic rings. The fourth-order valence-electron chi connectivity index (χ4n) is 3.70. The van der Waals surface area contributed by atoms with Crippen molar-refractivity contribution < 1.29 is 0 Å². The third kappa shape index (κ3) is 2.84. The maximum absolute atomic E-state index is 4.19. The number of hydrogen-bond donors (Lipinski definition) is 1. The number of hydrogen-bond acceptors (Lipinski definition) is 3. The minimum Gasteiger partial charge on any atom is -0.306 e. The smallest absolute Gasteiger partial charge is 0.0519 e. The van der Waals surface area contributed by atoms with Crippen molar-refractivity contribution >= 4 is 0 Å². The molecular weight excluding hydrogens is 236 g/mol. The first kappa shape index (κ1) is 13.1. The largest absolute Gasteiger partial charge is 0.306 e. The summed E-state index contributed by atoms with van der Waals surface area (Å²) in [6, 6.07) is 0.808. The number of rotatable bonds is 2. The SMILES string of the molecule is Cc1cn[nH]c1[C@@H]1CCCN(C2CCN(C)CC2)C1. The van der Waals surface area contributed by atoms with Gasteiger partial charge in [0.15, 0.2) is 0 Å². The van der Waals surface area contributed by atoms with Crippen LogP contribution in [0.25, 0.3) is 0 Å². The van der Waals surface area contributed by atoms with E-state index in [1.807, 2.05) is 6.20 Å². The molecule has 2 aliphatic heterocycles. The lowest BCUT2D eigenvalue weighted by atomic mass is 9.90. The van der Waals surface area contributed by atoms with Crippen molar-refractivity contribution in [3.8, 4) is 0 Å². The van der Waals surface area contributed by atoms with Crippen LogP contribution in [0.1, 0.15) is 42.9 Å². The molecule has 0 saturated carbocycles. The molecule has 2 fully saturated rings. The van der Waals surface area contributed by atoms with Gasteiger partial charge >= 0.3 is 0 Å². The second kappa shape index (κ2) is 5.63. The highest BCUT2D eigenvalue weighted by atomic mass is 15.2. The maximum atomic E-state index is 4.19. The van der Waals surface area contributed by atoms with E-state index in [4.69, 9.17) is 0 Å². The summed E-state index contributed by atoms with van der Waals surface area (Å²) in [5, 5.41) is 7.41. The van der Waals surface area contributed by atoms with E-state index in [1.54, 1.807) is 0 Å². The summed E-state index contributed by atoms with van der Waals surface area (Å²) >= 11 is 0. The van der Waals surface area contributed by atoms with Gasteiger partial charge in [-0.2, -0.15) is 5.10 Å². The Morgan fingerprint density at radius 1 is 1.21 bits per heavy atom. The number of piperidine rings is 2. The van der Waals surface area contributed by atoms with Gasteiger partial charge in [-0.3, -0.25) is 10.00 Å². The highest BCUT2D eigenvalue weighted by molar-refractivity contribution is 5.19. The molecule has 1 atom stereocenters. The minimum atomic E-state index is 0.663. The first-order chi connectivity index (χ1) is 9.24. The summed E-state index contributed by atoms with van der Waals surface area (Å²) < 4.78 is 0. The molecule has 1 N–H and O–H groups in total. The van der Waals surface area contributed by atoms with Gasteiger partial charge in [-0.25, -0.2) is 0 Å². The van der Waals surface area contributed by atoms with Gasteiger partial charge in [-0.1, -0.05) is 0 Å². The second-order valence-corrected chi connectivity index (χ2v) is 6.34. The molecule has 0 unspecified atom stereocenters. The van der Waals surface area contributed by atoms with Crippen molar-refractivity contribution in [3.63, 3.8) is 0 Å². The molecule has 0 bridgehead atoms.